The molecule has 0 unspecified atom stereocenters. The Labute approximate surface area is 188 Å². The van der Waals surface area contributed by atoms with E-state index in [2.05, 4.69) is 62.3 Å². The van der Waals surface area contributed by atoms with E-state index in [0.29, 0.717) is 34.7 Å². The van der Waals surface area contributed by atoms with Gasteiger partial charge in [-0.2, -0.15) is 0 Å². The molecule has 30 heavy (non-hydrogen) atoms. The van der Waals surface area contributed by atoms with E-state index in [4.69, 9.17) is 14.2 Å². The van der Waals surface area contributed by atoms with Gasteiger partial charge in [-0.15, -0.1) is 0 Å². The van der Waals surface area contributed by atoms with E-state index < -0.39 is 7.26 Å². The quantitative estimate of drug-likeness (QED) is 0.289. The first kappa shape index (κ1) is 27.4. The summed E-state index contributed by atoms with van der Waals surface area (Å²) in [5.41, 5.74) is 0. The standard InChI is InChI=1S/C24H43O4PSi/c1-12-26-21(27-13-2)30-17-28-19-15-14-18(25)16-20(19)29(22(3,4)5,23(6,7)8)24(9,10)11/h14-16,21H,12-13,17H2,1-11H3/p+1. The molecule has 0 heterocycles. The zero-order chi connectivity index (χ0) is 23.4. The Morgan fingerprint density at radius 3 is 1.73 bits per heavy atom. The lowest BCUT2D eigenvalue weighted by Crippen LogP contribution is -2.49. The summed E-state index contributed by atoms with van der Waals surface area (Å²) in [4.78, 5) is 0. The first-order valence-corrected chi connectivity index (χ1v) is 14.0. The average Bonchev–Trinajstić information content (AvgIpc) is 2.53. The Morgan fingerprint density at radius 2 is 1.33 bits per heavy atom. The van der Waals surface area contributed by atoms with E-state index in [0.717, 1.165) is 5.75 Å². The maximum atomic E-state index is 10.5. The molecule has 1 N–H and O–H groups in total. The zero-order valence-electron chi connectivity index (χ0n) is 21.0. The molecule has 0 fully saturated rings. The van der Waals surface area contributed by atoms with Crippen molar-refractivity contribution in [3.05, 3.63) is 18.2 Å². The monoisotopic (exact) mass is 455 g/mol. The van der Waals surface area contributed by atoms with Gasteiger partial charge >= 0.3 is 0 Å². The molecule has 0 amide bonds. The van der Waals surface area contributed by atoms with E-state index in [1.807, 2.05) is 26.0 Å². The van der Waals surface area contributed by atoms with Gasteiger partial charge in [-0.25, -0.2) is 0 Å². The lowest BCUT2D eigenvalue weighted by Gasteiger charge is -2.54. The second-order valence-corrected chi connectivity index (χ2v) is 17.6. The molecule has 0 bridgehead atoms. The average molecular weight is 456 g/mol. The molecule has 0 saturated carbocycles. The SMILES string of the molecule is CCOC(OCC)[Si]COc1ccc(O)cc1[P+](C(C)(C)C)(C(C)(C)C)C(C)(C)C. The van der Waals surface area contributed by atoms with E-state index >= 15 is 0 Å². The maximum Gasteiger partial charge on any atom is 0.166 e. The van der Waals surface area contributed by atoms with Crippen molar-refractivity contribution < 1.29 is 19.3 Å². The van der Waals surface area contributed by atoms with Crippen molar-refractivity contribution in [3.63, 3.8) is 0 Å². The number of phenols is 1. The highest BCUT2D eigenvalue weighted by Gasteiger charge is 2.67. The Hall–Kier alpha value is -0.613. The molecule has 2 radical (unpaired) electrons. The molecule has 1 aromatic rings. The van der Waals surface area contributed by atoms with Crippen molar-refractivity contribution in [1.82, 2.24) is 0 Å². The van der Waals surface area contributed by atoms with Crippen LogP contribution in [0.15, 0.2) is 18.2 Å². The summed E-state index contributed by atoms with van der Waals surface area (Å²) >= 11 is 0. The summed E-state index contributed by atoms with van der Waals surface area (Å²) in [5, 5.41) is 11.7. The maximum absolute atomic E-state index is 10.5. The molecule has 0 aliphatic heterocycles. The second-order valence-electron chi connectivity index (χ2n) is 10.6. The van der Waals surface area contributed by atoms with E-state index in [1.165, 1.54) is 5.30 Å². The predicted octanol–water partition coefficient (Wildman–Crippen LogP) is 5.83. The van der Waals surface area contributed by atoms with Gasteiger partial charge in [0.2, 0.25) is 0 Å². The van der Waals surface area contributed by atoms with Crippen LogP contribution in [0.25, 0.3) is 0 Å². The highest BCUT2D eigenvalue weighted by Crippen LogP contribution is 2.83. The highest BCUT2D eigenvalue weighted by molar-refractivity contribution is 7.87. The fourth-order valence-electron chi connectivity index (χ4n) is 5.65. The van der Waals surface area contributed by atoms with Crippen molar-refractivity contribution >= 4 is 22.1 Å². The van der Waals surface area contributed by atoms with Crippen molar-refractivity contribution in [2.24, 2.45) is 0 Å². The summed E-state index contributed by atoms with van der Waals surface area (Å²) in [5.74, 6) is 0.941. The van der Waals surface area contributed by atoms with Gasteiger partial charge in [0.15, 0.2) is 15.3 Å². The first-order chi connectivity index (χ1) is 13.6. The molecule has 0 aliphatic rings. The van der Waals surface area contributed by atoms with Gasteiger partial charge in [0, 0.05) is 19.3 Å². The summed E-state index contributed by atoms with van der Waals surface area (Å²) in [6.45, 7) is 26.3. The van der Waals surface area contributed by atoms with Crippen molar-refractivity contribution in [1.29, 1.82) is 0 Å². The van der Waals surface area contributed by atoms with Crippen LogP contribution < -0.4 is 10.0 Å². The fraction of sp³-hybridized carbons (Fsp3) is 0.750. The number of hydrogen-bond donors (Lipinski definition) is 1. The largest absolute Gasteiger partial charge is 0.508 e. The van der Waals surface area contributed by atoms with Gasteiger partial charge in [0.05, 0.1) is 29.0 Å². The molecule has 0 aromatic heterocycles. The third kappa shape index (κ3) is 5.79. The summed E-state index contributed by atoms with van der Waals surface area (Å²) in [6.07, 6.45) is 0.529. The van der Waals surface area contributed by atoms with Crippen LogP contribution in [-0.4, -0.2) is 55.5 Å². The van der Waals surface area contributed by atoms with Gasteiger partial charge < -0.3 is 19.3 Å². The normalized spacial score (nSPS) is 13.7. The summed E-state index contributed by atoms with van der Waals surface area (Å²) in [6, 6.07) is 5.62. The van der Waals surface area contributed by atoms with E-state index in [9.17, 15) is 5.11 Å². The van der Waals surface area contributed by atoms with Gasteiger partial charge in [0.1, 0.15) is 17.0 Å². The topological polar surface area (TPSA) is 47.9 Å². The Kier molecular flexibility index (Phi) is 9.45. The number of rotatable bonds is 9. The number of phenolic OH excluding ortho intramolecular Hbond substituents is 1. The number of aromatic hydroxyl groups is 1. The third-order valence-electron chi connectivity index (χ3n) is 5.44. The molecular weight excluding hydrogens is 411 g/mol. The van der Waals surface area contributed by atoms with Crippen LogP contribution in [0.2, 0.25) is 0 Å². The number of hydrogen-bond acceptors (Lipinski definition) is 4. The van der Waals surface area contributed by atoms with E-state index in [-0.39, 0.29) is 21.4 Å². The molecule has 0 saturated heterocycles. The Bertz CT molecular complexity index is 629. The molecule has 6 heteroatoms. The zero-order valence-corrected chi connectivity index (χ0v) is 22.9. The summed E-state index contributed by atoms with van der Waals surface area (Å²) in [7, 11) is -1.52. The Balaban J connectivity index is 3.49. The highest BCUT2D eigenvalue weighted by atomic mass is 31.2. The minimum atomic E-state index is -1.90. The van der Waals surface area contributed by atoms with Crippen LogP contribution in [-0.2, 0) is 9.47 Å². The number of ether oxygens (including phenoxy) is 3. The smallest absolute Gasteiger partial charge is 0.166 e. The summed E-state index contributed by atoms with van der Waals surface area (Å²) < 4.78 is 17.7. The van der Waals surface area contributed by atoms with Crippen LogP contribution in [0, 0.1) is 0 Å². The Morgan fingerprint density at radius 1 is 0.867 bits per heavy atom. The predicted molar refractivity (Wildman–Crippen MR) is 132 cm³/mol. The molecule has 1 rings (SSSR count). The lowest BCUT2D eigenvalue weighted by molar-refractivity contribution is -0.0835. The first-order valence-electron chi connectivity index (χ1n) is 11.0. The van der Waals surface area contributed by atoms with Crippen molar-refractivity contribution in [2.45, 2.75) is 97.5 Å². The van der Waals surface area contributed by atoms with Crippen LogP contribution in [0.5, 0.6) is 11.5 Å². The van der Waals surface area contributed by atoms with Crippen LogP contribution >= 0.6 is 7.26 Å². The van der Waals surface area contributed by atoms with Gasteiger partial charge in [0.25, 0.3) is 0 Å². The van der Waals surface area contributed by atoms with Crippen molar-refractivity contribution in [2.75, 3.05) is 19.4 Å². The molecule has 1 aromatic carbocycles. The minimum Gasteiger partial charge on any atom is -0.508 e. The van der Waals surface area contributed by atoms with Crippen LogP contribution in [0.3, 0.4) is 0 Å². The molecular formula is C24H44O4PSi+. The van der Waals surface area contributed by atoms with Crippen LogP contribution in [0.4, 0.5) is 0 Å². The lowest BCUT2D eigenvalue weighted by atomic mass is 10.2. The minimum absolute atomic E-state index is 0.0247. The van der Waals surface area contributed by atoms with Crippen molar-refractivity contribution in [3.8, 4) is 11.5 Å². The van der Waals surface area contributed by atoms with Crippen LogP contribution in [0.1, 0.15) is 76.2 Å². The second kappa shape index (κ2) is 10.3. The molecule has 4 nitrogen and oxygen atoms in total. The van der Waals surface area contributed by atoms with E-state index in [1.54, 1.807) is 6.07 Å². The third-order valence-corrected chi connectivity index (χ3v) is 13.5. The van der Waals surface area contributed by atoms with Gasteiger partial charge in [-0.1, -0.05) is 0 Å². The fourth-order valence-corrected chi connectivity index (χ4v) is 15.6. The molecule has 0 spiro atoms. The van der Waals surface area contributed by atoms with Gasteiger partial charge in [-0.3, -0.25) is 0 Å². The molecule has 0 aliphatic carbocycles. The molecule has 0 atom stereocenters. The number of benzene rings is 1. The van der Waals surface area contributed by atoms with Gasteiger partial charge in [-0.05, 0) is 88.3 Å². The molecule has 172 valence electrons.